The van der Waals surface area contributed by atoms with Crippen molar-refractivity contribution in [1.82, 2.24) is 0 Å². The van der Waals surface area contributed by atoms with E-state index in [0.29, 0.717) is 0 Å². The molecule has 1 heterocycles. The van der Waals surface area contributed by atoms with Gasteiger partial charge in [-0.3, -0.25) is 0 Å². The van der Waals surface area contributed by atoms with Gasteiger partial charge in [-0.1, -0.05) is 17.7 Å². The topological polar surface area (TPSA) is 33.4 Å². The number of benzene rings is 1. The summed E-state index contributed by atoms with van der Waals surface area (Å²) < 4.78 is 18.3. The Morgan fingerprint density at radius 1 is 1.38 bits per heavy atom. The van der Waals surface area contributed by atoms with Crippen molar-refractivity contribution >= 4 is 11.6 Å². The third-order valence-electron chi connectivity index (χ3n) is 2.34. The summed E-state index contributed by atoms with van der Waals surface area (Å²) in [7, 11) is 0. The zero-order chi connectivity index (χ0) is 11.5. The van der Waals surface area contributed by atoms with Crippen LogP contribution in [0.5, 0.6) is 0 Å². The molecule has 84 valence electrons. The Labute approximate surface area is 97.3 Å². The van der Waals surface area contributed by atoms with Crippen LogP contribution in [0.4, 0.5) is 4.39 Å². The molecule has 0 radical (unpaired) electrons. The Balaban J connectivity index is 2.24. The van der Waals surface area contributed by atoms with E-state index in [2.05, 4.69) is 0 Å². The molecule has 2 rings (SSSR count). The summed E-state index contributed by atoms with van der Waals surface area (Å²) in [4.78, 5) is 0. The second kappa shape index (κ2) is 4.68. The van der Waals surface area contributed by atoms with Crippen molar-refractivity contribution in [1.29, 1.82) is 0 Å². The molecular weight excluding hydrogens is 231 g/mol. The Morgan fingerprint density at radius 2 is 2.19 bits per heavy atom. The first-order valence-corrected chi connectivity index (χ1v) is 5.19. The van der Waals surface area contributed by atoms with Crippen molar-refractivity contribution in [2.45, 2.75) is 12.5 Å². The number of furan rings is 1. The van der Waals surface area contributed by atoms with E-state index >= 15 is 0 Å². The van der Waals surface area contributed by atoms with Gasteiger partial charge in [0.1, 0.15) is 5.82 Å². The lowest BCUT2D eigenvalue weighted by atomic mass is 10.0. The van der Waals surface area contributed by atoms with E-state index in [0.717, 1.165) is 5.56 Å². The minimum absolute atomic E-state index is 0.130. The smallest absolute Gasteiger partial charge is 0.130 e. The fraction of sp³-hybridized carbons (Fsp3) is 0.167. The second-order valence-electron chi connectivity index (χ2n) is 3.49. The molecule has 2 nitrogen and oxygen atoms in total. The third kappa shape index (κ3) is 2.26. The first-order valence-electron chi connectivity index (χ1n) is 4.81. The lowest BCUT2D eigenvalue weighted by Gasteiger charge is -2.12. The molecule has 4 heteroatoms. The van der Waals surface area contributed by atoms with Crippen molar-refractivity contribution in [2.75, 3.05) is 0 Å². The van der Waals surface area contributed by atoms with Gasteiger partial charge in [-0.05, 0) is 23.8 Å². The van der Waals surface area contributed by atoms with Gasteiger partial charge in [-0.2, -0.15) is 0 Å². The molecule has 1 unspecified atom stereocenters. The molecular formula is C12H10ClFO2. The predicted molar refractivity (Wildman–Crippen MR) is 58.8 cm³/mol. The highest BCUT2D eigenvalue weighted by Crippen LogP contribution is 2.28. The molecule has 0 bridgehead atoms. The minimum atomic E-state index is -0.966. The van der Waals surface area contributed by atoms with Gasteiger partial charge in [-0.15, -0.1) is 0 Å². The van der Waals surface area contributed by atoms with Crippen LogP contribution in [0.15, 0.2) is 41.2 Å². The third-order valence-corrected chi connectivity index (χ3v) is 2.67. The van der Waals surface area contributed by atoms with E-state index in [1.807, 2.05) is 0 Å². The first-order chi connectivity index (χ1) is 7.68. The molecule has 1 N–H and O–H groups in total. The van der Waals surface area contributed by atoms with E-state index in [-0.39, 0.29) is 17.0 Å². The summed E-state index contributed by atoms with van der Waals surface area (Å²) in [5, 5.41) is 10.1. The summed E-state index contributed by atoms with van der Waals surface area (Å²) in [5.74, 6) is -0.497. The molecule has 2 aromatic rings. The minimum Gasteiger partial charge on any atom is -0.472 e. The van der Waals surface area contributed by atoms with Crippen molar-refractivity contribution in [3.63, 3.8) is 0 Å². The number of hydrogen-bond acceptors (Lipinski definition) is 2. The summed E-state index contributed by atoms with van der Waals surface area (Å²) in [6.07, 6.45) is 2.33. The highest BCUT2D eigenvalue weighted by atomic mass is 35.5. The average molecular weight is 241 g/mol. The average Bonchev–Trinajstić information content (AvgIpc) is 2.70. The summed E-state index contributed by atoms with van der Waals surface area (Å²) in [6.45, 7) is 0. The van der Waals surface area contributed by atoms with Crippen molar-refractivity contribution < 1.29 is 13.9 Å². The highest BCUT2D eigenvalue weighted by Gasteiger charge is 2.17. The van der Waals surface area contributed by atoms with Gasteiger partial charge in [0.15, 0.2) is 0 Å². The maximum atomic E-state index is 13.5. The van der Waals surface area contributed by atoms with Crippen LogP contribution in [0.25, 0.3) is 0 Å². The zero-order valence-electron chi connectivity index (χ0n) is 8.36. The molecule has 0 fully saturated rings. The Morgan fingerprint density at radius 3 is 2.81 bits per heavy atom. The van der Waals surface area contributed by atoms with Crippen LogP contribution >= 0.6 is 11.6 Å². The number of halogens is 2. The molecule has 1 aromatic heterocycles. The molecule has 0 aliphatic rings. The predicted octanol–water partition coefficient (Wildman–Crippen LogP) is 3.35. The number of aliphatic hydroxyl groups is 1. The van der Waals surface area contributed by atoms with Gasteiger partial charge in [0.25, 0.3) is 0 Å². The maximum Gasteiger partial charge on any atom is 0.130 e. The molecule has 16 heavy (non-hydrogen) atoms. The highest BCUT2D eigenvalue weighted by molar-refractivity contribution is 6.31. The van der Waals surface area contributed by atoms with Gasteiger partial charge in [0.05, 0.1) is 18.6 Å². The van der Waals surface area contributed by atoms with Crippen LogP contribution in [0.1, 0.15) is 17.2 Å². The van der Waals surface area contributed by atoms with Gasteiger partial charge in [0.2, 0.25) is 0 Å². The van der Waals surface area contributed by atoms with E-state index in [9.17, 15) is 9.50 Å². The van der Waals surface area contributed by atoms with Crippen LogP contribution in [-0.4, -0.2) is 5.11 Å². The van der Waals surface area contributed by atoms with E-state index < -0.39 is 11.9 Å². The molecule has 0 amide bonds. The summed E-state index contributed by atoms with van der Waals surface area (Å²) in [5.41, 5.74) is 0.928. The standard InChI is InChI=1S/C12H10ClFO2/c13-9-2-1-3-10(14)12(9)11(15)6-8-4-5-16-7-8/h1-5,7,11,15H,6H2. The Bertz CT molecular complexity index is 448. The SMILES string of the molecule is OC(Cc1ccoc1)c1c(F)cccc1Cl. The van der Waals surface area contributed by atoms with Gasteiger partial charge in [0, 0.05) is 17.0 Å². The van der Waals surface area contributed by atoms with Crippen molar-refractivity contribution in [3.8, 4) is 0 Å². The maximum absolute atomic E-state index is 13.5. The number of aliphatic hydroxyl groups excluding tert-OH is 1. The molecule has 1 atom stereocenters. The molecule has 0 spiro atoms. The normalized spacial score (nSPS) is 12.7. The van der Waals surface area contributed by atoms with Crippen LogP contribution < -0.4 is 0 Å². The Hall–Kier alpha value is -1.32. The lowest BCUT2D eigenvalue weighted by molar-refractivity contribution is 0.173. The van der Waals surface area contributed by atoms with Crippen LogP contribution in [0.3, 0.4) is 0 Å². The quantitative estimate of drug-likeness (QED) is 0.893. The molecule has 0 saturated heterocycles. The molecule has 0 aliphatic carbocycles. The van der Waals surface area contributed by atoms with E-state index in [4.69, 9.17) is 16.0 Å². The van der Waals surface area contributed by atoms with Crippen molar-refractivity contribution in [2.24, 2.45) is 0 Å². The van der Waals surface area contributed by atoms with Crippen LogP contribution in [0.2, 0.25) is 5.02 Å². The molecule has 1 aromatic carbocycles. The fourth-order valence-electron chi connectivity index (χ4n) is 1.56. The molecule has 0 saturated carbocycles. The molecule has 0 aliphatic heterocycles. The van der Waals surface area contributed by atoms with Crippen LogP contribution in [0, 0.1) is 5.82 Å². The van der Waals surface area contributed by atoms with Crippen LogP contribution in [-0.2, 0) is 6.42 Å². The second-order valence-corrected chi connectivity index (χ2v) is 3.89. The fourth-order valence-corrected chi connectivity index (χ4v) is 1.85. The summed E-state index contributed by atoms with van der Waals surface area (Å²) in [6, 6.07) is 6.06. The van der Waals surface area contributed by atoms with Crippen molar-refractivity contribution in [3.05, 3.63) is 58.8 Å². The van der Waals surface area contributed by atoms with Gasteiger partial charge >= 0.3 is 0 Å². The Kier molecular flexibility index (Phi) is 3.27. The number of hydrogen-bond donors (Lipinski definition) is 1. The van der Waals surface area contributed by atoms with E-state index in [1.165, 1.54) is 24.7 Å². The largest absolute Gasteiger partial charge is 0.472 e. The zero-order valence-corrected chi connectivity index (χ0v) is 9.12. The van der Waals surface area contributed by atoms with E-state index in [1.54, 1.807) is 12.1 Å². The number of rotatable bonds is 3. The lowest BCUT2D eigenvalue weighted by Crippen LogP contribution is -2.04. The van der Waals surface area contributed by atoms with Gasteiger partial charge in [-0.25, -0.2) is 4.39 Å². The summed E-state index contributed by atoms with van der Waals surface area (Å²) >= 11 is 5.84. The first kappa shape index (κ1) is 11.2. The monoisotopic (exact) mass is 240 g/mol. The van der Waals surface area contributed by atoms with Gasteiger partial charge < -0.3 is 9.52 Å².